The summed E-state index contributed by atoms with van der Waals surface area (Å²) in [4.78, 5) is 25.6. The number of aryl methyl sites for hydroxylation is 1. The van der Waals surface area contributed by atoms with E-state index in [1.54, 1.807) is 4.90 Å². The normalized spacial score (nSPS) is 19.8. The number of nitrogens with one attached hydrogen (secondary N) is 1. The lowest BCUT2D eigenvalue weighted by atomic mass is 9.76. The van der Waals surface area contributed by atoms with Gasteiger partial charge in [-0.25, -0.2) is 4.79 Å². The monoisotopic (exact) mass is 448 g/mol. The Hall–Kier alpha value is -2.01. The SMILES string of the molecule is CC1=C(C(C)C)C(C)(c2ccc(CCC(C)(C)C)c(Cl)c2)NC(=O)N1CCCC(=O)O. The number of nitrogens with zero attached hydrogens (tertiary/aromatic N) is 1. The zero-order chi connectivity index (χ0) is 23.6. The van der Waals surface area contributed by atoms with Gasteiger partial charge >= 0.3 is 12.0 Å². The molecule has 0 saturated carbocycles. The van der Waals surface area contributed by atoms with Gasteiger partial charge < -0.3 is 10.4 Å². The fourth-order valence-corrected chi connectivity index (χ4v) is 4.73. The van der Waals surface area contributed by atoms with E-state index in [0.717, 1.165) is 40.3 Å². The molecule has 2 N–H and O–H groups in total. The fraction of sp³-hybridized carbons (Fsp3) is 0.600. The second kappa shape index (κ2) is 9.64. The molecule has 2 rings (SSSR count). The predicted molar refractivity (Wildman–Crippen MR) is 126 cm³/mol. The van der Waals surface area contributed by atoms with Crippen molar-refractivity contribution in [2.24, 2.45) is 11.3 Å². The second-order valence-corrected chi connectivity index (χ2v) is 10.6. The fourth-order valence-electron chi connectivity index (χ4n) is 4.46. The van der Waals surface area contributed by atoms with Crippen LogP contribution in [-0.2, 0) is 16.8 Å². The third kappa shape index (κ3) is 6.03. The summed E-state index contributed by atoms with van der Waals surface area (Å²) in [5.74, 6) is -0.666. The Kier molecular flexibility index (Phi) is 7.85. The number of benzene rings is 1. The van der Waals surface area contributed by atoms with Crippen LogP contribution < -0.4 is 5.32 Å². The van der Waals surface area contributed by atoms with Gasteiger partial charge in [0.2, 0.25) is 0 Å². The number of hydrogen-bond acceptors (Lipinski definition) is 2. The van der Waals surface area contributed by atoms with Crippen LogP contribution in [0.15, 0.2) is 29.5 Å². The molecule has 31 heavy (non-hydrogen) atoms. The summed E-state index contributed by atoms with van der Waals surface area (Å²) in [7, 11) is 0. The van der Waals surface area contributed by atoms with Crippen molar-refractivity contribution in [1.29, 1.82) is 0 Å². The minimum Gasteiger partial charge on any atom is -0.481 e. The highest BCUT2D eigenvalue weighted by Gasteiger charge is 2.42. The molecule has 1 atom stereocenters. The van der Waals surface area contributed by atoms with Gasteiger partial charge in [0.05, 0.1) is 5.54 Å². The topological polar surface area (TPSA) is 69.6 Å². The van der Waals surface area contributed by atoms with Crippen LogP contribution in [0.3, 0.4) is 0 Å². The lowest BCUT2D eigenvalue weighted by Gasteiger charge is -2.45. The van der Waals surface area contributed by atoms with E-state index < -0.39 is 11.5 Å². The van der Waals surface area contributed by atoms with Gasteiger partial charge in [-0.1, -0.05) is 58.4 Å². The molecule has 1 aromatic rings. The van der Waals surface area contributed by atoms with Gasteiger partial charge in [-0.15, -0.1) is 0 Å². The first-order valence-corrected chi connectivity index (χ1v) is 11.5. The van der Waals surface area contributed by atoms with Gasteiger partial charge in [0.25, 0.3) is 0 Å². The van der Waals surface area contributed by atoms with Crippen LogP contribution in [0.4, 0.5) is 4.79 Å². The third-order valence-electron chi connectivity index (χ3n) is 6.06. The predicted octanol–water partition coefficient (Wildman–Crippen LogP) is 6.35. The maximum absolute atomic E-state index is 13.0. The molecule has 1 aliphatic heterocycles. The Morgan fingerprint density at radius 2 is 1.94 bits per heavy atom. The minimum atomic E-state index is -0.853. The zero-order valence-electron chi connectivity index (χ0n) is 19.9. The van der Waals surface area contributed by atoms with Gasteiger partial charge in [-0.05, 0) is 67.2 Å². The Balaban J connectivity index is 2.40. The lowest BCUT2D eigenvalue weighted by molar-refractivity contribution is -0.137. The van der Waals surface area contributed by atoms with Crippen molar-refractivity contribution in [2.75, 3.05) is 6.54 Å². The summed E-state index contributed by atoms with van der Waals surface area (Å²) >= 11 is 6.67. The van der Waals surface area contributed by atoms with Crippen molar-refractivity contribution in [2.45, 2.75) is 79.7 Å². The Labute approximate surface area is 191 Å². The van der Waals surface area contributed by atoms with Crippen LogP contribution in [-0.4, -0.2) is 28.6 Å². The van der Waals surface area contributed by atoms with E-state index in [9.17, 15) is 9.59 Å². The molecule has 6 heteroatoms. The molecule has 2 amide bonds. The number of carboxylic acids is 1. The maximum Gasteiger partial charge on any atom is 0.322 e. The first kappa shape index (κ1) is 25.3. The number of urea groups is 1. The average Bonchev–Trinajstić information content (AvgIpc) is 2.61. The number of rotatable bonds is 8. The van der Waals surface area contributed by atoms with Crippen molar-refractivity contribution in [3.63, 3.8) is 0 Å². The van der Waals surface area contributed by atoms with E-state index in [1.165, 1.54) is 0 Å². The summed E-state index contributed by atoms with van der Waals surface area (Å²) in [6, 6.07) is 5.92. The van der Waals surface area contributed by atoms with Crippen LogP contribution >= 0.6 is 11.6 Å². The lowest BCUT2D eigenvalue weighted by Crippen LogP contribution is -2.56. The van der Waals surface area contributed by atoms with Gasteiger partial charge in [-0.2, -0.15) is 0 Å². The smallest absolute Gasteiger partial charge is 0.322 e. The van der Waals surface area contributed by atoms with Crippen LogP contribution in [0.1, 0.15) is 78.9 Å². The molecule has 0 bridgehead atoms. The number of allylic oxidation sites excluding steroid dienone is 1. The molecule has 172 valence electrons. The molecular weight excluding hydrogens is 412 g/mol. The van der Waals surface area contributed by atoms with E-state index in [-0.39, 0.29) is 23.8 Å². The molecular formula is C25H37ClN2O3. The molecule has 0 radical (unpaired) electrons. The van der Waals surface area contributed by atoms with Crippen molar-refractivity contribution in [3.05, 3.63) is 45.6 Å². The Morgan fingerprint density at radius 3 is 2.45 bits per heavy atom. The third-order valence-corrected chi connectivity index (χ3v) is 6.41. The molecule has 0 saturated heterocycles. The van der Waals surface area contributed by atoms with E-state index in [0.29, 0.717) is 13.0 Å². The van der Waals surface area contributed by atoms with Crippen LogP contribution in [0.2, 0.25) is 5.02 Å². The summed E-state index contributed by atoms with van der Waals surface area (Å²) in [6.07, 6.45) is 2.41. The van der Waals surface area contributed by atoms with Crippen molar-refractivity contribution in [1.82, 2.24) is 10.2 Å². The number of hydrogen-bond donors (Lipinski definition) is 2. The maximum atomic E-state index is 13.0. The first-order valence-electron chi connectivity index (χ1n) is 11.1. The number of carboxylic acid groups (broad SMARTS) is 1. The molecule has 0 aliphatic carbocycles. The van der Waals surface area contributed by atoms with Crippen LogP contribution in [0.5, 0.6) is 0 Å². The quantitative estimate of drug-likeness (QED) is 0.486. The van der Waals surface area contributed by atoms with Crippen molar-refractivity contribution >= 4 is 23.6 Å². The average molecular weight is 449 g/mol. The molecule has 0 spiro atoms. The van der Waals surface area contributed by atoms with E-state index in [2.05, 4.69) is 52.1 Å². The molecule has 1 aromatic carbocycles. The number of carbonyl (C=O) groups is 2. The molecule has 1 aliphatic rings. The van der Waals surface area contributed by atoms with Gasteiger partial charge in [0, 0.05) is 23.7 Å². The highest BCUT2D eigenvalue weighted by molar-refractivity contribution is 6.31. The van der Waals surface area contributed by atoms with Crippen molar-refractivity contribution in [3.8, 4) is 0 Å². The molecule has 1 heterocycles. The largest absolute Gasteiger partial charge is 0.481 e. The van der Waals surface area contributed by atoms with Gasteiger partial charge in [-0.3, -0.25) is 9.69 Å². The minimum absolute atomic E-state index is 0.0387. The summed E-state index contributed by atoms with van der Waals surface area (Å²) < 4.78 is 0. The van der Waals surface area contributed by atoms with Crippen molar-refractivity contribution < 1.29 is 14.7 Å². The first-order chi connectivity index (χ1) is 14.3. The highest BCUT2D eigenvalue weighted by atomic mass is 35.5. The van der Waals surface area contributed by atoms with E-state index in [4.69, 9.17) is 16.7 Å². The Morgan fingerprint density at radius 1 is 1.29 bits per heavy atom. The zero-order valence-corrected chi connectivity index (χ0v) is 20.7. The molecule has 0 aromatic heterocycles. The number of halogens is 1. The summed E-state index contributed by atoms with van der Waals surface area (Å²) in [6.45, 7) is 15.2. The van der Waals surface area contributed by atoms with E-state index in [1.807, 2.05) is 19.9 Å². The summed E-state index contributed by atoms with van der Waals surface area (Å²) in [5, 5.41) is 12.8. The Bertz CT molecular complexity index is 870. The standard InChI is InChI=1S/C25H37ClN2O3/c1-16(2)22-17(3)28(14-8-9-21(29)30)23(31)27-25(22,7)19-11-10-18(20(26)15-19)12-13-24(4,5)6/h10-11,15-16H,8-9,12-14H2,1-7H3,(H,27,31)(H,29,30). The highest BCUT2D eigenvalue weighted by Crippen LogP contribution is 2.41. The second-order valence-electron chi connectivity index (χ2n) is 10.2. The number of aliphatic carboxylic acids is 1. The molecule has 0 fully saturated rings. The number of amides is 2. The number of carbonyl (C=O) groups excluding carboxylic acids is 1. The van der Waals surface area contributed by atoms with Gasteiger partial charge in [0.15, 0.2) is 0 Å². The summed E-state index contributed by atoms with van der Waals surface area (Å²) in [5.41, 5.74) is 3.64. The molecule has 1 unspecified atom stereocenters. The van der Waals surface area contributed by atoms with Crippen LogP contribution in [0, 0.1) is 11.3 Å². The van der Waals surface area contributed by atoms with E-state index >= 15 is 0 Å². The van der Waals surface area contributed by atoms with Crippen LogP contribution in [0.25, 0.3) is 0 Å². The van der Waals surface area contributed by atoms with Gasteiger partial charge in [0.1, 0.15) is 0 Å². The molecule has 5 nitrogen and oxygen atoms in total.